The molecule has 10 nitrogen and oxygen atoms in total. The number of nitro benzene ring substituents is 1. The molecule has 0 bridgehead atoms. The van der Waals surface area contributed by atoms with Gasteiger partial charge in [-0.25, -0.2) is 8.42 Å². The number of phenols is 2. The summed E-state index contributed by atoms with van der Waals surface area (Å²) in [6.45, 7) is 0. The van der Waals surface area contributed by atoms with Crippen LogP contribution in [0.15, 0.2) is 70.7 Å². The maximum atomic E-state index is 12.6. The zero-order valence-corrected chi connectivity index (χ0v) is 17.1. The Bertz CT molecular complexity index is 1280. The van der Waals surface area contributed by atoms with E-state index in [0.717, 1.165) is 12.3 Å². The SMILES string of the molecule is O=[N+]([O-])c1cc(S(=O)(=O)Nc2cccc(Cl)c2)ccc1NN=Cc1cccc(O)c1O. The second-order valence-corrected chi connectivity index (χ2v) is 8.26. The fourth-order valence-corrected chi connectivity index (χ4v) is 3.77. The lowest BCUT2D eigenvalue weighted by molar-refractivity contribution is -0.384. The highest BCUT2D eigenvalue weighted by Crippen LogP contribution is 2.30. The maximum Gasteiger partial charge on any atom is 0.295 e. The average molecular weight is 463 g/mol. The third kappa shape index (κ3) is 5.21. The van der Waals surface area contributed by atoms with Crippen LogP contribution in [0.4, 0.5) is 17.1 Å². The van der Waals surface area contributed by atoms with Crippen LogP contribution in [0, 0.1) is 10.1 Å². The quantitative estimate of drug-likeness (QED) is 0.179. The molecular formula is C19H15ClN4O6S. The predicted octanol–water partition coefficient (Wildman–Crippen LogP) is 3.91. The number of phenolic OH excluding ortho intramolecular Hbond substituents is 2. The molecule has 160 valence electrons. The van der Waals surface area contributed by atoms with Crippen LogP contribution in [0.2, 0.25) is 5.02 Å². The number of hydrogen-bond donors (Lipinski definition) is 4. The maximum absolute atomic E-state index is 12.6. The Morgan fingerprint density at radius 1 is 1.06 bits per heavy atom. The Hall–Kier alpha value is -3.83. The highest BCUT2D eigenvalue weighted by atomic mass is 35.5. The molecule has 0 amide bonds. The van der Waals surface area contributed by atoms with E-state index in [0.29, 0.717) is 5.02 Å². The summed E-state index contributed by atoms with van der Waals surface area (Å²) in [5.74, 6) is -0.757. The number of anilines is 2. The lowest BCUT2D eigenvalue weighted by Gasteiger charge is -2.09. The normalized spacial score (nSPS) is 11.4. The summed E-state index contributed by atoms with van der Waals surface area (Å²) in [6, 6.07) is 13.5. The van der Waals surface area contributed by atoms with Crippen molar-refractivity contribution in [1.82, 2.24) is 0 Å². The summed E-state index contributed by atoms with van der Waals surface area (Å²) < 4.78 is 27.5. The molecule has 0 aromatic heterocycles. The van der Waals surface area contributed by atoms with Crippen molar-refractivity contribution in [2.24, 2.45) is 5.10 Å². The second-order valence-electron chi connectivity index (χ2n) is 6.14. The van der Waals surface area contributed by atoms with Crippen molar-refractivity contribution in [2.75, 3.05) is 10.1 Å². The zero-order chi connectivity index (χ0) is 22.6. The number of aromatic hydroxyl groups is 2. The van der Waals surface area contributed by atoms with Crippen molar-refractivity contribution in [3.8, 4) is 11.5 Å². The Morgan fingerprint density at radius 2 is 1.81 bits per heavy atom. The van der Waals surface area contributed by atoms with Crippen LogP contribution in [0.1, 0.15) is 5.56 Å². The van der Waals surface area contributed by atoms with E-state index in [9.17, 15) is 28.7 Å². The number of nitro groups is 1. The number of sulfonamides is 1. The lowest BCUT2D eigenvalue weighted by atomic mass is 10.2. The van der Waals surface area contributed by atoms with E-state index in [4.69, 9.17) is 11.6 Å². The average Bonchev–Trinajstić information content (AvgIpc) is 2.70. The molecule has 0 radical (unpaired) electrons. The van der Waals surface area contributed by atoms with Crippen molar-refractivity contribution in [3.05, 3.63) is 81.4 Å². The molecule has 12 heteroatoms. The Morgan fingerprint density at radius 3 is 2.52 bits per heavy atom. The van der Waals surface area contributed by atoms with E-state index in [2.05, 4.69) is 15.2 Å². The second kappa shape index (κ2) is 8.90. The Balaban J connectivity index is 1.86. The van der Waals surface area contributed by atoms with E-state index < -0.39 is 26.4 Å². The van der Waals surface area contributed by atoms with Gasteiger partial charge in [-0.1, -0.05) is 23.7 Å². The number of hydrazone groups is 1. The predicted molar refractivity (Wildman–Crippen MR) is 116 cm³/mol. The van der Waals surface area contributed by atoms with Gasteiger partial charge in [0.15, 0.2) is 11.5 Å². The van der Waals surface area contributed by atoms with Crippen molar-refractivity contribution in [3.63, 3.8) is 0 Å². The molecule has 0 saturated carbocycles. The highest BCUT2D eigenvalue weighted by molar-refractivity contribution is 7.92. The summed E-state index contributed by atoms with van der Waals surface area (Å²) in [4.78, 5) is 10.3. The van der Waals surface area contributed by atoms with Gasteiger partial charge in [-0.05, 0) is 42.5 Å². The van der Waals surface area contributed by atoms with Crippen molar-refractivity contribution < 1.29 is 23.6 Å². The van der Waals surface area contributed by atoms with E-state index in [-0.39, 0.29) is 27.6 Å². The molecule has 0 heterocycles. The fraction of sp³-hybridized carbons (Fsp3) is 0. The van der Waals surface area contributed by atoms with Gasteiger partial charge in [0, 0.05) is 16.7 Å². The fourth-order valence-electron chi connectivity index (χ4n) is 2.51. The number of rotatable bonds is 7. The van der Waals surface area contributed by atoms with Gasteiger partial charge in [-0.15, -0.1) is 0 Å². The summed E-state index contributed by atoms with van der Waals surface area (Å²) in [5.41, 5.74) is 2.18. The van der Waals surface area contributed by atoms with Crippen LogP contribution in [-0.4, -0.2) is 29.8 Å². The van der Waals surface area contributed by atoms with Gasteiger partial charge in [0.1, 0.15) is 5.69 Å². The first kappa shape index (κ1) is 21.9. The minimum absolute atomic E-state index is 0.0809. The molecule has 0 atom stereocenters. The standard InChI is InChI=1S/C19H15ClN4O6S/c20-13-4-2-5-14(9-13)23-31(29,30)15-7-8-16(17(10-15)24(27)28)22-21-11-12-3-1-6-18(25)19(12)26/h1-11,22-23,25-26H. The monoisotopic (exact) mass is 462 g/mol. The zero-order valence-electron chi connectivity index (χ0n) is 15.6. The molecule has 0 aliphatic carbocycles. The topological polar surface area (TPSA) is 154 Å². The van der Waals surface area contributed by atoms with Crippen LogP contribution in [0.25, 0.3) is 0 Å². The van der Waals surface area contributed by atoms with Crippen LogP contribution in [0.5, 0.6) is 11.5 Å². The van der Waals surface area contributed by atoms with E-state index in [1.165, 1.54) is 42.5 Å². The molecule has 0 unspecified atom stereocenters. The summed E-state index contributed by atoms with van der Waals surface area (Å²) in [5, 5.41) is 34.8. The smallest absolute Gasteiger partial charge is 0.295 e. The van der Waals surface area contributed by atoms with Gasteiger partial charge in [-0.3, -0.25) is 20.3 Å². The van der Waals surface area contributed by atoms with Gasteiger partial charge in [0.05, 0.1) is 21.7 Å². The Kier molecular flexibility index (Phi) is 6.28. The number of hydrogen-bond acceptors (Lipinski definition) is 8. The van der Waals surface area contributed by atoms with E-state index in [1.807, 2.05) is 0 Å². The number of para-hydroxylation sites is 1. The summed E-state index contributed by atoms with van der Waals surface area (Å²) >= 11 is 5.84. The van der Waals surface area contributed by atoms with Gasteiger partial charge in [0.2, 0.25) is 0 Å². The molecule has 0 saturated heterocycles. The number of benzene rings is 3. The number of nitrogens with one attached hydrogen (secondary N) is 2. The van der Waals surface area contributed by atoms with Crippen LogP contribution >= 0.6 is 11.6 Å². The third-order valence-electron chi connectivity index (χ3n) is 3.99. The summed E-state index contributed by atoms with van der Waals surface area (Å²) in [7, 11) is -4.12. The van der Waals surface area contributed by atoms with Crippen LogP contribution < -0.4 is 10.1 Å². The van der Waals surface area contributed by atoms with Crippen LogP contribution in [0.3, 0.4) is 0 Å². The van der Waals surface area contributed by atoms with E-state index in [1.54, 1.807) is 12.1 Å². The molecule has 0 aliphatic heterocycles. The number of nitrogens with zero attached hydrogens (tertiary/aromatic N) is 2. The number of halogens is 1. The van der Waals surface area contributed by atoms with Gasteiger partial charge < -0.3 is 10.2 Å². The molecule has 0 spiro atoms. The van der Waals surface area contributed by atoms with Crippen molar-refractivity contribution in [1.29, 1.82) is 0 Å². The molecular weight excluding hydrogens is 448 g/mol. The lowest BCUT2D eigenvalue weighted by Crippen LogP contribution is -2.13. The van der Waals surface area contributed by atoms with Gasteiger partial charge >= 0.3 is 0 Å². The van der Waals surface area contributed by atoms with Crippen molar-refractivity contribution in [2.45, 2.75) is 4.90 Å². The van der Waals surface area contributed by atoms with Gasteiger partial charge in [-0.2, -0.15) is 5.10 Å². The van der Waals surface area contributed by atoms with E-state index >= 15 is 0 Å². The molecule has 3 rings (SSSR count). The third-order valence-corrected chi connectivity index (χ3v) is 5.60. The minimum Gasteiger partial charge on any atom is -0.504 e. The Labute approximate surface area is 181 Å². The minimum atomic E-state index is -4.12. The highest BCUT2D eigenvalue weighted by Gasteiger charge is 2.21. The molecule has 0 fully saturated rings. The molecule has 31 heavy (non-hydrogen) atoms. The van der Waals surface area contributed by atoms with Crippen LogP contribution in [-0.2, 0) is 10.0 Å². The first-order valence-electron chi connectivity index (χ1n) is 8.54. The largest absolute Gasteiger partial charge is 0.504 e. The molecule has 3 aromatic rings. The molecule has 0 aliphatic rings. The molecule has 4 N–H and O–H groups in total. The first-order valence-corrected chi connectivity index (χ1v) is 10.4. The summed E-state index contributed by atoms with van der Waals surface area (Å²) in [6.07, 6.45) is 1.14. The van der Waals surface area contributed by atoms with Crippen molar-refractivity contribution >= 4 is 44.9 Å². The first-order chi connectivity index (χ1) is 14.7. The van der Waals surface area contributed by atoms with Gasteiger partial charge in [0.25, 0.3) is 15.7 Å². The molecule has 3 aromatic carbocycles.